The zero-order valence-corrected chi connectivity index (χ0v) is 5.93. The monoisotopic (exact) mass is 226 g/mol. The van der Waals surface area contributed by atoms with Crippen LogP contribution in [0.1, 0.15) is 0 Å². The van der Waals surface area contributed by atoms with Gasteiger partial charge in [0.1, 0.15) is 0 Å². The molecule has 0 aromatic rings. The van der Waals surface area contributed by atoms with Gasteiger partial charge in [0.25, 0.3) is 5.91 Å². The summed E-state index contributed by atoms with van der Waals surface area (Å²) in [5.74, 6) is -0.268. The van der Waals surface area contributed by atoms with Crippen molar-refractivity contribution in [2.45, 2.75) is 4.05 Å². The number of carbonyl (C=O) groups is 2. The smallest absolute Gasteiger partial charge is 0.317 e. The summed E-state index contributed by atoms with van der Waals surface area (Å²) in [6.45, 7) is 0. The molecular formula is C3H3IN2O2. The minimum absolute atomic E-state index is 0.268. The van der Waals surface area contributed by atoms with E-state index in [0.717, 1.165) is 0 Å². The number of nitrogens with one attached hydrogen (secondary N) is 2. The molecule has 1 heterocycles. The third-order valence-corrected chi connectivity index (χ3v) is 1.60. The Morgan fingerprint density at radius 1 is 1.50 bits per heavy atom. The van der Waals surface area contributed by atoms with Crippen molar-refractivity contribution in [1.82, 2.24) is 10.6 Å². The molecule has 0 bridgehead atoms. The van der Waals surface area contributed by atoms with Crippen molar-refractivity contribution in [1.29, 1.82) is 0 Å². The summed E-state index contributed by atoms with van der Waals surface area (Å²) >= 11 is 1.83. The first-order valence-electron chi connectivity index (χ1n) is 1.95. The highest BCUT2D eigenvalue weighted by molar-refractivity contribution is 14.1. The highest BCUT2D eigenvalue weighted by Crippen LogP contribution is 1.99. The van der Waals surface area contributed by atoms with Gasteiger partial charge < -0.3 is 5.32 Å². The zero-order chi connectivity index (χ0) is 6.15. The van der Waals surface area contributed by atoms with Crippen LogP contribution in [0.5, 0.6) is 0 Å². The third kappa shape index (κ3) is 0.908. The van der Waals surface area contributed by atoms with E-state index in [1.807, 2.05) is 22.6 Å². The first-order chi connectivity index (χ1) is 3.70. The number of carbonyl (C=O) groups excluding carboxylic acids is 2. The molecular weight excluding hydrogens is 223 g/mol. The van der Waals surface area contributed by atoms with Crippen molar-refractivity contribution in [3.63, 3.8) is 0 Å². The van der Waals surface area contributed by atoms with Crippen molar-refractivity contribution < 1.29 is 9.59 Å². The predicted octanol–water partition coefficient (Wildman–Crippen LogP) is -0.413. The van der Waals surface area contributed by atoms with Crippen LogP contribution in [-0.4, -0.2) is 16.0 Å². The standard InChI is InChI=1S/C3H3IN2O2/c4-1-2(7)6-3(8)5-1/h1H,(H2,5,6,7,8). The third-order valence-electron chi connectivity index (χ3n) is 0.725. The van der Waals surface area contributed by atoms with Gasteiger partial charge >= 0.3 is 6.03 Å². The Balaban J connectivity index is 2.64. The molecule has 44 valence electrons. The van der Waals surface area contributed by atoms with Crippen LogP contribution >= 0.6 is 22.6 Å². The van der Waals surface area contributed by atoms with E-state index in [0.29, 0.717) is 0 Å². The molecule has 8 heavy (non-hydrogen) atoms. The highest BCUT2D eigenvalue weighted by atomic mass is 127. The Morgan fingerprint density at radius 2 is 2.12 bits per heavy atom. The van der Waals surface area contributed by atoms with E-state index in [-0.39, 0.29) is 9.96 Å². The second-order valence-electron chi connectivity index (χ2n) is 1.33. The summed E-state index contributed by atoms with van der Waals surface area (Å²) in [7, 11) is 0. The van der Waals surface area contributed by atoms with Crippen LogP contribution in [0, 0.1) is 0 Å². The van der Waals surface area contributed by atoms with Crippen molar-refractivity contribution in [3.8, 4) is 0 Å². The Morgan fingerprint density at radius 3 is 2.25 bits per heavy atom. The van der Waals surface area contributed by atoms with Gasteiger partial charge in [-0.3, -0.25) is 10.1 Å². The molecule has 0 aliphatic carbocycles. The Labute approximate surface area is 59.1 Å². The Hall–Kier alpha value is -0.330. The van der Waals surface area contributed by atoms with E-state index in [1.165, 1.54) is 0 Å². The van der Waals surface area contributed by atoms with Gasteiger partial charge in [0.15, 0.2) is 4.05 Å². The molecule has 1 aliphatic heterocycles. The van der Waals surface area contributed by atoms with Crippen LogP contribution in [-0.2, 0) is 4.79 Å². The number of hydrogen-bond donors (Lipinski definition) is 2. The van der Waals surface area contributed by atoms with Crippen molar-refractivity contribution in [3.05, 3.63) is 0 Å². The molecule has 1 saturated heterocycles. The second-order valence-corrected chi connectivity index (χ2v) is 2.57. The number of imide groups is 1. The number of halogens is 1. The van der Waals surface area contributed by atoms with E-state index in [1.54, 1.807) is 0 Å². The summed E-state index contributed by atoms with van der Waals surface area (Å²) < 4.78 is -0.389. The van der Waals surface area contributed by atoms with E-state index < -0.39 is 6.03 Å². The highest BCUT2D eigenvalue weighted by Gasteiger charge is 2.25. The lowest BCUT2D eigenvalue weighted by molar-refractivity contribution is -0.118. The molecule has 0 radical (unpaired) electrons. The van der Waals surface area contributed by atoms with Crippen LogP contribution in [0.2, 0.25) is 0 Å². The minimum Gasteiger partial charge on any atom is -0.317 e. The average Bonchev–Trinajstić information content (AvgIpc) is 1.85. The van der Waals surface area contributed by atoms with Gasteiger partial charge in [0.05, 0.1) is 0 Å². The van der Waals surface area contributed by atoms with Crippen molar-refractivity contribution in [2.75, 3.05) is 0 Å². The normalized spacial score (nSPS) is 27.4. The molecule has 1 rings (SSSR count). The lowest BCUT2D eigenvalue weighted by Gasteiger charge is -1.89. The number of hydrogen-bond acceptors (Lipinski definition) is 2. The van der Waals surface area contributed by atoms with Crippen LogP contribution in [0.25, 0.3) is 0 Å². The van der Waals surface area contributed by atoms with Crippen molar-refractivity contribution in [2.24, 2.45) is 0 Å². The fraction of sp³-hybridized carbons (Fsp3) is 0.333. The molecule has 5 heteroatoms. The van der Waals surface area contributed by atoms with Crippen LogP contribution < -0.4 is 10.6 Å². The second kappa shape index (κ2) is 1.88. The molecule has 0 spiro atoms. The molecule has 3 amide bonds. The van der Waals surface area contributed by atoms with E-state index in [9.17, 15) is 9.59 Å². The van der Waals surface area contributed by atoms with Crippen LogP contribution in [0.3, 0.4) is 0 Å². The van der Waals surface area contributed by atoms with Gasteiger partial charge in [0.2, 0.25) is 0 Å². The molecule has 0 saturated carbocycles. The molecule has 0 aromatic carbocycles. The molecule has 1 unspecified atom stereocenters. The van der Waals surface area contributed by atoms with Gasteiger partial charge in [-0.15, -0.1) is 0 Å². The number of alkyl halides is 1. The fourth-order valence-corrected chi connectivity index (χ4v) is 0.831. The number of amides is 3. The SMILES string of the molecule is O=C1NC(=O)C(I)N1. The van der Waals surface area contributed by atoms with Gasteiger partial charge in [0, 0.05) is 0 Å². The topological polar surface area (TPSA) is 58.2 Å². The molecule has 1 atom stereocenters. The quantitative estimate of drug-likeness (QED) is 0.255. The first kappa shape index (κ1) is 5.80. The Bertz CT molecular complexity index is 146. The van der Waals surface area contributed by atoms with Crippen LogP contribution in [0.4, 0.5) is 4.79 Å². The summed E-state index contributed by atoms with van der Waals surface area (Å²) in [6.07, 6.45) is 0. The molecule has 1 fully saturated rings. The van der Waals surface area contributed by atoms with E-state index in [2.05, 4.69) is 10.6 Å². The number of urea groups is 1. The summed E-state index contributed by atoms with van der Waals surface area (Å²) in [4.78, 5) is 20.6. The molecule has 1 aliphatic rings. The maximum Gasteiger partial charge on any atom is 0.322 e. The van der Waals surface area contributed by atoms with E-state index >= 15 is 0 Å². The van der Waals surface area contributed by atoms with Crippen molar-refractivity contribution >= 4 is 34.5 Å². The van der Waals surface area contributed by atoms with Gasteiger partial charge in [-0.05, 0) is 22.6 Å². The first-order valence-corrected chi connectivity index (χ1v) is 3.20. The van der Waals surface area contributed by atoms with Gasteiger partial charge in [-0.25, -0.2) is 4.79 Å². The van der Waals surface area contributed by atoms with Gasteiger partial charge in [-0.2, -0.15) is 0 Å². The lowest BCUT2D eigenvalue weighted by Crippen LogP contribution is -2.22. The summed E-state index contributed by atoms with van der Waals surface area (Å²) in [5.41, 5.74) is 0. The summed E-state index contributed by atoms with van der Waals surface area (Å²) in [5, 5.41) is 4.42. The Kier molecular flexibility index (Phi) is 1.37. The fourth-order valence-electron chi connectivity index (χ4n) is 0.392. The largest absolute Gasteiger partial charge is 0.322 e. The molecule has 4 nitrogen and oxygen atoms in total. The summed E-state index contributed by atoms with van der Waals surface area (Å²) in [6, 6.07) is -0.408. The minimum atomic E-state index is -0.408. The average molecular weight is 226 g/mol. The molecule has 2 N–H and O–H groups in total. The maximum absolute atomic E-state index is 10.4. The zero-order valence-electron chi connectivity index (χ0n) is 3.77. The lowest BCUT2D eigenvalue weighted by atomic mass is 10.7. The van der Waals surface area contributed by atoms with Crippen LogP contribution in [0.15, 0.2) is 0 Å². The molecule has 0 aromatic heterocycles. The van der Waals surface area contributed by atoms with Gasteiger partial charge in [-0.1, -0.05) is 0 Å². The number of rotatable bonds is 0. The maximum atomic E-state index is 10.4. The van der Waals surface area contributed by atoms with E-state index in [4.69, 9.17) is 0 Å². The predicted molar refractivity (Wildman–Crippen MR) is 34.5 cm³/mol.